The van der Waals surface area contributed by atoms with Gasteiger partial charge >= 0.3 is 0 Å². The van der Waals surface area contributed by atoms with Crippen LogP contribution in [0.3, 0.4) is 0 Å². The van der Waals surface area contributed by atoms with E-state index in [0.717, 1.165) is 17.5 Å². The first-order valence-corrected chi connectivity index (χ1v) is 11.7. The molecule has 178 valence electrons. The number of anilines is 2. The first-order valence-electron chi connectivity index (χ1n) is 11.7. The highest BCUT2D eigenvalue weighted by molar-refractivity contribution is 5.93. The lowest BCUT2D eigenvalue weighted by Crippen LogP contribution is -2.44. The second-order valence-electron chi connectivity index (χ2n) is 8.94. The van der Waals surface area contributed by atoms with E-state index in [-0.39, 0.29) is 23.2 Å². The van der Waals surface area contributed by atoms with Gasteiger partial charge in [0.25, 0.3) is 5.56 Å². The first-order chi connectivity index (χ1) is 17.0. The molecule has 0 spiro atoms. The van der Waals surface area contributed by atoms with Gasteiger partial charge in [-0.1, -0.05) is 29.8 Å². The van der Waals surface area contributed by atoms with Gasteiger partial charge in [-0.3, -0.25) is 14.2 Å². The Morgan fingerprint density at radius 3 is 2.66 bits per heavy atom. The summed E-state index contributed by atoms with van der Waals surface area (Å²) in [7, 11) is 0. The summed E-state index contributed by atoms with van der Waals surface area (Å²) < 4.78 is 14.8. The number of hydrogen-bond donors (Lipinski definition) is 1. The third-order valence-corrected chi connectivity index (χ3v) is 6.35. The van der Waals surface area contributed by atoms with Gasteiger partial charge in [0.05, 0.1) is 12.5 Å². The predicted molar refractivity (Wildman–Crippen MR) is 134 cm³/mol. The maximum atomic E-state index is 13.6. The highest BCUT2D eigenvalue weighted by atomic mass is 19.1. The zero-order valence-electron chi connectivity index (χ0n) is 19.4. The summed E-state index contributed by atoms with van der Waals surface area (Å²) in [5.74, 6) is -0.489. The smallest absolute Gasteiger partial charge is 0.295 e. The molecule has 0 saturated carbocycles. The number of fused-ring (bicyclic) bond motifs is 1. The summed E-state index contributed by atoms with van der Waals surface area (Å²) in [5, 5.41) is 2.86. The average Bonchev–Trinajstić information content (AvgIpc) is 2.88. The van der Waals surface area contributed by atoms with E-state index >= 15 is 0 Å². The van der Waals surface area contributed by atoms with Gasteiger partial charge in [0, 0.05) is 25.0 Å². The van der Waals surface area contributed by atoms with Crippen LogP contribution in [-0.2, 0) is 11.3 Å². The van der Waals surface area contributed by atoms with Crippen molar-refractivity contribution < 1.29 is 9.18 Å². The highest BCUT2D eigenvalue weighted by Crippen LogP contribution is 2.23. The molecule has 1 N–H and O–H groups in total. The Bertz CT molecular complexity index is 1420. The number of amides is 1. The quantitative estimate of drug-likeness (QED) is 0.473. The fraction of sp³-hybridized carbons (Fsp3) is 0.259. The van der Waals surface area contributed by atoms with Crippen molar-refractivity contribution in [3.05, 3.63) is 94.2 Å². The molecule has 2 aromatic carbocycles. The van der Waals surface area contributed by atoms with Crippen molar-refractivity contribution in [1.29, 1.82) is 0 Å². The zero-order valence-corrected chi connectivity index (χ0v) is 19.4. The molecule has 1 saturated heterocycles. The van der Waals surface area contributed by atoms with Crippen molar-refractivity contribution in [1.82, 2.24) is 14.5 Å². The number of piperidine rings is 1. The molecule has 1 atom stereocenters. The minimum atomic E-state index is -0.356. The summed E-state index contributed by atoms with van der Waals surface area (Å²) in [6.45, 7) is 3.42. The largest absolute Gasteiger partial charge is 0.351 e. The summed E-state index contributed by atoms with van der Waals surface area (Å²) in [4.78, 5) is 37.5. The number of rotatable bonds is 5. The molecule has 2 aromatic heterocycles. The predicted octanol–water partition coefficient (Wildman–Crippen LogP) is 4.14. The minimum Gasteiger partial charge on any atom is -0.351 e. The van der Waals surface area contributed by atoms with Crippen molar-refractivity contribution in [3.8, 4) is 0 Å². The van der Waals surface area contributed by atoms with Crippen LogP contribution >= 0.6 is 0 Å². The molecular weight excluding hydrogens is 445 g/mol. The molecule has 3 heterocycles. The van der Waals surface area contributed by atoms with Gasteiger partial charge in [-0.25, -0.2) is 14.4 Å². The number of benzene rings is 2. The summed E-state index contributed by atoms with van der Waals surface area (Å²) in [5.41, 5.74) is 3.63. The van der Waals surface area contributed by atoms with E-state index in [1.807, 2.05) is 42.2 Å². The molecule has 0 aliphatic carbocycles. The third-order valence-electron chi connectivity index (χ3n) is 6.35. The van der Waals surface area contributed by atoms with Crippen LogP contribution in [0.1, 0.15) is 24.0 Å². The van der Waals surface area contributed by atoms with E-state index in [1.54, 1.807) is 16.8 Å². The SMILES string of the molecule is Cc1ccc(Cn2c(=O)c(N3CCC[C@H](C(=O)Nc4ccc(F)cc4)C3)nc3cccnc32)cc1. The van der Waals surface area contributed by atoms with Crippen molar-refractivity contribution in [2.24, 2.45) is 5.92 Å². The van der Waals surface area contributed by atoms with Crippen molar-refractivity contribution >= 4 is 28.6 Å². The molecule has 1 amide bonds. The Morgan fingerprint density at radius 2 is 1.89 bits per heavy atom. The van der Waals surface area contributed by atoms with E-state index in [1.165, 1.54) is 24.3 Å². The van der Waals surface area contributed by atoms with Crippen LogP contribution in [0.4, 0.5) is 15.9 Å². The van der Waals surface area contributed by atoms with E-state index in [4.69, 9.17) is 0 Å². The number of pyridine rings is 1. The lowest BCUT2D eigenvalue weighted by atomic mass is 9.97. The molecule has 5 rings (SSSR count). The summed E-state index contributed by atoms with van der Waals surface area (Å²) in [6, 6.07) is 17.4. The Hall–Kier alpha value is -4.07. The minimum absolute atomic E-state index is 0.149. The van der Waals surface area contributed by atoms with E-state index < -0.39 is 0 Å². The van der Waals surface area contributed by atoms with Crippen LogP contribution in [0.5, 0.6) is 0 Å². The van der Waals surface area contributed by atoms with E-state index in [9.17, 15) is 14.0 Å². The van der Waals surface area contributed by atoms with Gasteiger partial charge in [0.1, 0.15) is 11.3 Å². The Kier molecular flexibility index (Phi) is 6.27. The molecule has 8 heteroatoms. The van der Waals surface area contributed by atoms with Crippen LogP contribution in [0.25, 0.3) is 11.2 Å². The number of carbonyl (C=O) groups is 1. The lowest BCUT2D eigenvalue weighted by molar-refractivity contribution is -0.120. The zero-order chi connectivity index (χ0) is 24.4. The molecule has 4 aromatic rings. The average molecular weight is 472 g/mol. The molecule has 0 bridgehead atoms. The second-order valence-corrected chi connectivity index (χ2v) is 8.94. The topological polar surface area (TPSA) is 80.1 Å². The number of hydrogen-bond acceptors (Lipinski definition) is 5. The monoisotopic (exact) mass is 471 g/mol. The Morgan fingerprint density at radius 1 is 1.11 bits per heavy atom. The van der Waals surface area contributed by atoms with Crippen LogP contribution in [0.15, 0.2) is 71.7 Å². The third kappa shape index (κ3) is 4.91. The molecule has 1 aliphatic rings. The van der Waals surface area contributed by atoms with Crippen molar-refractivity contribution in [2.45, 2.75) is 26.3 Å². The summed E-state index contributed by atoms with van der Waals surface area (Å²) >= 11 is 0. The van der Waals surface area contributed by atoms with Gasteiger partial charge in [0.15, 0.2) is 11.5 Å². The number of nitrogens with zero attached hydrogens (tertiary/aromatic N) is 4. The van der Waals surface area contributed by atoms with Gasteiger partial charge < -0.3 is 10.2 Å². The van der Waals surface area contributed by atoms with Gasteiger partial charge in [-0.15, -0.1) is 0 Å². The second kappa shape index (κ2) is 9.66. The Balaban J connectivity index is 1.44. The highest BCUT2D eigenvalue weighted by Gasteiger charge is 2.29. The van der Waals surface area contributed by atoms with E-state index in [0.29, 0.717) is 48.7 Å². The number of aromatic nitrogens is 3. The van der Waals surface area contributed by atoms with Crippen molar-refractivity contribution in [2.75, 3.05) is 23.3 Å². The van der Waals surface area contributed by atoms with E-state index in [2.05, 4.69) is 15.3 Å². The van der Waals surface area contributed by atoms with Crippen LogP contribution in [0.2, 0.25) is 0 Å². The fourth-order valence-electron chi connectivity index (χ4n) is 4.45. The molecular formula is C27H26FN5O2. The summed E-state index contributed by atoms with van der Waals surface area (Å²) in [6.07, 6.45) is 3.12. The standard InChI is InChI=1S/C27H26FN5O2/c1-18-6-8-19(9-7-18)16-33-24-23(5-2-14-29-24)31-25(27(33)35)32-15-3-4-20(17-32)26(34)30-22-12-10-21(28)11-13-22/h2,5-14,20H,3-4,15-17H2,1H3,(H,30,34)/t20-/m0/s1. The fourth-order valence-corrected chi connectivity index (χ4v) is 4.45. The maximum Gasteiger partial charge on any atom is 0.295 e. The molecule has 35 heavy (non-hydrogen) atoms. The Labute approximate surface area is 202 Å². The number of halogens is 1. The number of aryl methyl sites for hydroxylation is 1. The van der Waals surface area contributed by atoms with Crippen molar-refractivity contribution in [3.63, 3.8) is 0 Å². The molecule has 1 aliphatic heterocycles. The molecule has 1 fully saturated rings. The molecule has 0 unspecified atom stereocenters. The van der Waals surface area contributed by atoms with Gasteiger partial charge in [-0.05, 0) is 61.7 Å². The molecule has 7 nitrogen and oxygen atoms in total. The number of carbonyl (C=O) groups excluding carboxylic acids is 1. The van der Waals surface area contributed by atoms with Gasteiger partial charge in [0.2, 0.25) is 5.91 Å². The lowest BCUT2D eigenvalue weighted by Gasteiger charge is -2.32. The normalized spacial score (nSPS) is 15.8. The van der Waals surface area contributed by atoms with Gasteiger partial charge in [-0.2, -0.15) is 0 Å². The van der Waals surface area contributed by atoms with Crippen LogP contribution in [-0.4, -0.2) is 33.5 Å². The van der Waals surface area contributed by atoms with Crippen LogP contribution < -0.4 is 15.8 Å². The maximum absolute atomic E-state index is 13.6. The molecule has 0 radical (unpaired) electrons. The van der Waals surface area contributed by atoms with Crippen LogP contribution in [0, 0.1) is 18.7 Å². The number of nitrogens with one attached hydrogen (secondary N) is 1. The first kappa shape index (κ1) is 22.7.